The van der Waals surface area contributed by atoms with Crippen molar-refractivity contribution in [1.82, 2.24) is 4.31 Å². The molecule has 0 saturated carbocycles. The van der Waals surface area contributed by atoms with Crippen molar-refractivity contribution in [3.05, 3.63) is 29.3 Å². The number of hydrogen-bond donors (Lipinski definition) is 0. The van der Waals surface area contributed by atoms with Gasteiger partial charge in [-0.2, -0.15) is 4.31 Å². The molecule has 1 aliphatic rings. The highest BCUT2D eigenvalue weighted by atomic mass is 32.2. The zero-order valence-corrected chi connectivity index (χ0v) is 11.7. The maximum Gasteiger partial charge on any atom is 0.211 e. The van der Waals surface area contributed by atoms with Gasteiger partial charge >= 0.3 is 0 Å². The first-order valence-corrected chi connectivity index (χ1v) is 8.05. The Balaban J connectivity index is 2.19. The third-order valence-corrected chi connectivity index (χ3v) is 4.35. The maximum absolute atomic E-state index is 11.5. The van der Waals surface area contributed by atoms with Crippen LogP contribution in [-0.4, -0.2) is 32.1 Å². The van der Waals surface area contributed by atoms with Crippen molar-refractivity contribution in [1.29, 1.82) is 0 Å². The molecular weight excluding hydrogens is 250 g/mol. The molecule has 0 aliphatic carbocycles. The Morgan fingerprint density at radius 2 is 2.11 bits per heavy atom. The topological polar surface area (TPSA) is 46.6 Å². The van der Waals surface area contributed by atoms with Gasteiger partial charge in [0.2, 0.25) is 10.0 Å². The van der Waals surface area contributed by atoms with E-state index in [9.17, 15) is 8.42 Å². The summed E-state index contributed by atoms with van der Waals surface area (Å²) in [5.74, 6) is 0.825. The number of sulfonamides is 1. The summed E-state index contributed by atoms with van der Waals surface area (Å²) in [6.45, 7) is 3.77. The summed E-state index contributed by atoms with van der Waals surface area (Å²) in [7, 11) is -3.11. The third kappa shape index (κ3) is 3.03. The third-order valence-electron chi connectivity index (χ3n) is 3.10. The molecule has 1 aromatic carbocycles. The fourth-order valence-corrected chi connectivity index (χ4v) is 2.90. The first-order chi connectivity index (χ1) is 8.50. The molecule has 0 fully saturated rings. The molecular formula is C13H19NO3S. The quantitative estimate of drug-likeness (QED) is 0.837. The van der Waals surface area contributed by atoms with Crippen molar-refractivity contribution < 1.29 is 13.2 Å². The summed E-state index contributed by atoms with van der Waals surface area (Å²) in [6.07, 6.45) is 3.00. The van der Waals surface area contributed by atoms with Crippen LogP contribution in [0.1, 0.15) is 24.5 Å². The van der Waals surface area contributed by atoms with Gasteiger partial charge in [0.1, 0.15) is 5.75 Å². The monoisotopic (exact) mass is 269 g/mol. The molecule has 2 rings (SSSR count). The Hall–Kier alpha value is -1.07. The van der Waals surface area contributed by atoms with E-state index in [1.54, 1.807) is 0 Å². The van der Waals surface area contributed by atoms with E-state index in [1.165, 1.54) is 16.1 Å². The van der Waals surface area contributed by atoms with Crippen LogP contribution in [0.4, 0.5) is 0 Å². The molecule has 18 heavy (non-hydrogen) atoms. The lowest BCUT2D eigenvalue weighted by Crippen LogP contribution is -2.35. The number of hydrogen-bond acceptors (Lipinski definition) is 3. The van der Waals surface area contributed by atoms with E-state index in [4.69, 9.17) is 4.74 Å². The highest BCUT2D eigenvalue weighted by Crippen LogP contribution is 2.25. The minimum absolute atomic E-state index is 0.456. The predicted molar refractivity (Wildman–Crippen MR) is 71.2 cm³/mol. The largest absolute Gasteiger partial charge is 0.494 e. The molecule has 0 saturated heterocycles. The van der Waals surface area contributed by atoms with Gasteiger partial charge in [0.05, 0.1) is 12.9 Å². The first-order valence-electron chi connectivity index (χ1n) is 6.20. The smallest absolute Gasteiger partial charge is 0.211 e. The van der Waals surface area contributed by atoms with Crippen molar-refractivity contribution >= 4 is 10.0 Å². The molecule has 4 nitrogen and oxygen atoms in total. The number of ether oxygens (including phenoxy) is 1. The van der Waals surface area contributed by atoms with Gasteiger partial charge in [0.15, 0.2) is 0 Å². The van der Waals surface area contributed by atoms with E-state index in [-0.39, 0.29) is 0 Å². The van der Waals surface area contributed by atoms with Gasteiger partial charge in [-0.3, -0.25) is 0 Å². The molecule has 0 radical (unpaired) electrons. The van der Waals surface area contributed by atoms with Crippen LogP contribution < -0.4 is 4.74 Å². The molecule has 100 valence electrons. The van der Waals surface area contributed by atoms with Crippen LogP contribution in [-0.2, 0) is 23.0 Å². The van der Waals surface area contributed by atoms with Crippen LogP contribution in [0.3, 0.4) is 0 Å². The van der Waals surface area contributed by atoms with E-state index < -0.39 is 10.0 Å². The Bertz CT molecular complexity index is 525. The highest BCUT2D eigenvalue weighted by Gasteiger charge is 2.23. The molecule has 0 spiro atoms. The SMILES string of the molecule is CCCOc1ccc2c(c1)CN(S(C)(=O)=O)CC2. The molecule has 0 bridgehead atoms. The lowest BCUT2D eigenvalue weighted by molar-refractivity contribution is 0.315. The molecule has 1 aliphatic heterocycles. The fourth-order valence-electron chi connectivity index (χ4n) is 2.10. The number of rotatable bonds is 4. The molecule has 1 heterocycles. The van der Waals surface area contributed by atoms with Crippen LogP contribution in [0, 0.1) is 0 Å². The summed E-state index contributed by atoms with van der Waals surface area (Å²) in [5, 5.41) is 0. The van der Waals surface area contributed by atoms with E-state index in [2.05, 4.69) is 6.92 Å². The zero-order valence-electron chi connectivity index (χ0n) is 10.8. The van der Waals surface area contributed by atoms with Gasteiger partial charge < -0.3 is 4.74 Å². The van der Waals surface area contributed by atoms with Gasteiger partial charge in [-0.15, -0.1) is 0 Å². The Kier molecular flexibility index (Phi) is 3.92. The number of benzene rings is 1. The average molecular weight is 269 g/mol. The lowest BCUT2D eigenvalue weighted by Gasteiger charge is -2.27. The second-order valence-corrected chi connectivity index (χ2v) is 6.61. The molecule has 0 aromatic heterocycles. The highest BCUT2D eigenvalue weighted by molar-refractivity contribution is 7.88. The van der Waals surface area contributed by atoms with Gasteiger partial charge in [0.25, 0.3) is 0 Å². The normalized spacial score (nSPS) is 16.3. The van der Waals surface area contributed by atoms with Gasteiger partial charge in [-0.1, -0.05) is 13.0 Å². The fraction of sp³-hybridized carbons (Fsp3) is 0.538. The van der Waals surface area contributed by atoms with Crippen LogP contribution >= 0.6 is 0 Å². The van der Waals surface area contributed by atoms with E-state index in [1.807, 2.05) is 18.2 Å². The van der Waals surface area contributed by atoms with Crippen molar-refractivity contribution in [2.75, 3.05) is 19.4 Å². The number of fused-ring (bicyclic) bond motifs is 1. The zero-order chi connectivity index (χ0) is 13.2. The Labute approximate surface area is 109 Å². The standard InChI is InChI=1S/C13H19NO3S/c1-3-8-17-13-5-4-11-6-7-14(18(2,15)16)10-12(11)9-13/h4-5,9H,3,6-8,10H2,1-2H3. The van der Waals surface area contributed by atoms with E-state index in [0.29, 0.717) is 19.7 Å². The number of nitrogens with zero attached hydrogens (tertiary/aromatic N) is 1. The Morgan fingerprint density at radius 1 is 1.33 bits per heavy atom. The second kappa shape index (κ2) is 5.28. The van der Waals surface area contributed by atoms with Crippen LogP contribution in [0.5, 0.6) is 5.75 Å². The molecule has 1 aromatic rings. The summed E-state index contributed by atoms with van der Waals surface area (Å²) in [6, 6.07) is 5.97. The minimum atomic E-state index is -3.11. The Morgan fingerprint density at radius 3 is 2.78 bits per heavy atom. The predicted octanol–water partition coefficient (Wildman–Crippen LogP) is 1.79. The summed E-state index contributed by atoms with van der Waals surface area (Å²) in [4.78, 5) is 0. The molecule has 5 heteroatoms. The van der Waals surface area contributed by atoms with E-state index in [0.717, 1.165) is 24.2 Å². The van der Waals surface area contributed by atoms with Crippen molar-refractivity contribution in [3.8, 4) is 5.75 Å². The van der Waals surface area contributed by atoms with Gasteiger partial charge in [0, 0.05) is 13.1 Å². The minimum Gasteiger partial charge on any atom is -0.494 e. The van der Waals surface area contributed by atoms with E-state index >= 15 is 0 Å². The van der Waals surface area contributed by atoms with Crippen LogP contribution in [0.15, 0.2) is 18.2 Å². The first kappa shape index (κ1) is 13.4. The molecule has 0 atom stereocenters. The summed E-state index contributed by atoms with van der Waals surface area (Å²) < 4.78 is 30.2. The van der Waals surface area contributed by atoms with Gasteiger partial charge in [-0.25, -0.2) is 8.42 Å². The average Bonchev–Trinajstić information content (AvgIpc) is 2.34. The van der Waals surface area contributed by atoms with Crippen LogP contribution in [0.2, 0.25) is 0 Å². The van der Waals surface area contributed by atoms with Crippen molar-refractivity contribution in [3.63, 3.8) is 0 Å². The summed E-state index contributed by atoms with van der Waals surface area (Å²) in [5.41, 5.74) is 2.28. The summed E-state index contributed by atoms with van der Waals surface area (Å²) >= 11 is 0. The van der Waals surface area contributed by atoms with Gasteiger partial charge in [-0.05, 0) is 36.1 Å². The second-order valence-electron chi connectivity index (χ2n) is 4.63. The van der Waals surface area contributed by atoms with Crippen molar-refractivity contribution in [2.45, 2.75) is 26.3 Å². The maximum atomic E-state index is 11.5. The van der Waals surface area contributed by atoms with Crippen molar-refractivity contribution in [2.24, 2.45) is 0 Å². The molecule has 0 unspecified atom stereocenters. The molecule has 0 amide bonds. The van der Waals surface area contributed by atoms with Crippen LogP contribution in [0.25, 0.3) is 0 Å². The molecule has 0 N–H and O–H groups in total. The lowest BCUT2D eigenvalue weighted by atomic mass is 10.0.